The van der Waals surface area contributed by atoms with E-state index in [4.69, 9.17) is 14.2 Å². The van der Waals surface area contributed by atoms with E-state index in [1.165, 1.54) is 25.7 Å². The van der Waals surface area contributed by atoms with Gasteiger partial charge in [-0.15, -0.1) is 0 Å². The van der Waals surface area contributed by atoms with Crippen LogP contribution < -0.4 is 0 Å². The maximum Gasteiger partial charge on any atom is 0.379 e. The number of carbonyl (C=O) groups is 3. The third-order valence-corrected chi connectivity index (χ3v) is 7.96. The molecular weight excluding hydrogens is 576 g/mol. The zero-order valence-electron chi connectivity index (χ0n) is 26.6. The molecule has 12 heteroatoms. The van der Waals surface area contributed by atoms with Crippen molar-refractivity contribution >= 4 is 17.5 Å². The minimum absolute atomic E-state index is 0.000731. The molecule has 0 bridgehead atoms. The van der Waals surface area contributed by atoms with Crippen LogP contribution >= 0.6 is 0 Å². The highest BCUT2D eigenvalue weighted by atomic mass is 16.6. The number of esters is 1. The highest BCUT2D eigenvalue weighted by Gasteiger charge is 2.72. The molecule has 44 heavy (non-hydrogen) atoms. The molecule has 0 aromatic rings. The monoisotopic (exact) mass is 632 g/mol. The molecule has 0 aromatic heterocycles. The Bertz CT molecular complexity index is 890. The number of aliphatic hydroxyl groups excluding tert-OH is 5. The van der Waals surface area contributed by atoms with Gasteiger partial charge in [-0.25, -0.2) is 4.79 Å². The predicted octanol–water partition coefficient (Wildman–Crippen LogP) is 2.38. The Hall–Kier alpha value is -2.09. The van der Waals surface area contributed by atoms with Crippen LogP contribution in [0.1, 0.15) is 117 Å². The molecule has 0 saturated heterocycles. The first-order chi connectivity index (χ1) is 21.1. The Balaban J connectivity index is 3.27. The Morgan fingerprint density at radius 1 is 0.727 bits per heavy atom. The standard InChI is InChI=1S/C32H56O12/c1-3-5-7-9-11-12-13-14-16-18-20-43-29-26(42-19-17-15-10-8-6-4-2)30(40)44-32(29,28(39)25(37)22-34)31(41,23-35)27(38)24(36)21-33/h24-25,33-37,41H,3-23H2,1-2H3/t24?,25?,31-,32+/m1/s1. The molecule has 1 aliphatic rings. The van der Waals surface area contributed by atoms with Crippen molar-refractivity contribution in [2.45, 2.75) is 140 Å². The Morgan fingerprint density at radius 2 is 1.16 bits per heavy atom. The lowest BCUT2D eigenvalue weighted by Crippen LogP contribution is -2.71. The largest absolute Gasteiger partial charge is 0.489 e. The molecule has 0 radical (unpaired) electrons. The summed E-state index contributed by atoms with van der Waals surface area (Å²) in [6, 6.07) is 0. The van der Waals surface area contributed by atoms with Crippen LogP contribution in [0.4, 0.5) is 0 Å². The van der Waals surface area contributed by atoms with Crippen molar-refractivity contribution in [1.82, 2.24) is 0 Å². The topological polar surface area (TPSA) is 200 Å². The number of hydrogen-bond donors (Lipinski definition) is 6. The third-order valence-electron chi connectivity index (χ3n) is 7.96. The van der Waals surface area contributed by atoms with Crippen molar-refractivity contribution in [2.24, 2.45) is 0 Å². The molecule has 0 aliphatic carbocycles. The van der Waals surface area contributed by atoms with Gasteiger partial charge in [-0.2, -0.15) is 0 Å². The third kappa shape index (κ3) is 10.8. The highest BCUT2D eigenvalue weighted by Crippen LogP contribution is 2.45. The van der Waals surface area contributed by atoms with Gasteiger partial charge in [-0.3, -0.25) is 9.59 Å². The first-order valence-electron chi connectivity index (χ1n) is 16.4. The van der Waals surface area contributed by atoms with Crippen LogP contribution in [0.5, 0.6) is 0 Å². The molecule has 0 fully saturated rings. The van der Waals surface area contributed by atoms with Crippen molar-refractivity contribution in [1.29, 1.82) is 0 Å². The number of ketones is 2. The molecule has 6 N–H and O–H groups in total. The summed E-state index contributed by atoms with van der Waals surface area (Å²) in [7, 11) is 0. The van der Waals surface area contributed by atoms with Crippen LogP contribution in [0.15, 0.2) is 11.5 Å². The van der Waals surface area contributed by atoms with Crippen molar-refractivity contribution in [2.75, 3.05) is 33.0 Å². The summed E-state index contributed by atoms with van der Waals surface area (Å²) in [5.74, 6) is -5.89. The minimum Gasteiger partial charge on any atom is -0.489 e. The summed E-state index contributed by atoms with van der Waals surface area (Å²) in [6.07, 6.45) is 11.1. The number of carbonyl (C=O) groups excluding carboxylic acids is 3. The normalized spacial score (nSPS) is 19.4. The number of Topliss-reactive ketones (excluding diaryl/α,β-unsaturated/α-hetero) is 2. The van der Waals surface area contributed by atoms with Crippen LogP contribution in [0.3, 0.4) is 0 Å². The zero-order chi connectivity index (χ0) is 33.0. The number of unbranched alkanes of at least 4 members (excludes halogenated alkanes) is 14. The highest BCUT2D eigenvalue weighted by molar-refractivity contribution is 6.09. The molecule has 1 rings (SSSR count). The lowest BCUT2D eigenvalue weighted by molar-refractivity contribution is -0.207. The fraction of sp³-hybridized carbons (Fsp3) is 0.844. The van der Waals surface area contributed by atoms with Gasteiger partial charge in [-0.05, 0) is 12.8 Å². The van der Waals surface area contributed by atoms with E-state index in [1.807, 2.05) is 0 Å². The number of aliphatic hydroxyl groups is 6. The second kappa shape index (κ2) is 21.6. The lowest BCUT2D eigenvalue weighted by Gasteiger charge is -2.41. The van der Waals surface area contributed by atoms with Crippen LogP contribution in [0.2, 0.25) is 0 Å². The summed E-state index contributed by atoms with van der Waals surface area (Å²) in [5.41, 5.74) is -6.61. The second-order valence-electron chi connectivity index (χ2n) is 11.5. The van der Waals surface area contributed by atoms with Gasteiger partial charge in [0.15, 0.2) is 0 Å². The number of ether oxygens (including phenoxy) is 3. The Labute approximate surface area is 261 Å². The number of rotatable bonds is 28. The maximum absolute atomic E-state index is 13.6. The average molecular weight is 633 g/mol. The fourth-order valence-corrected chi connectivity index (χ4v) is 5.27. The quantitative estimate of drug-likeness (QED) is 0.0544. The zero-order valence-corrected chi connectivity index (χ0v) is 26.6. The first-order valence-corrected chi connectivity index (χ1v) is 16.4. The number of cyclic esters (lactones) is 1. The van der Waals surface area contributed by atoms with Gasteiger partial charge < -0.3 is 44.8 Å². The van der Waals surface area contributed by atoms with Crippen molar-refractivity contribution in [3.8, 4) is 0 Å². The van der Waals surface area contributed by atoms with Gasteiger partial charge in [0.1, 0.15) is 12.2 Å². The molecule has 4 atom stereocenters. The second-order valence-corrected chi connectivity index (χ2v) is 11.5. The van der Waals surface area contributed by atoms with Gasteiger partial charge in [0.25, 0.3) is 5.60 Å². The summed E-state index contributed by atoms with van der Waals surface area (Å²) in [6.45, 7) is 0.214. The van der Waals surface area contributed by atoms with Gasteiger partial charge in [0.2, 0.25) is 28.7 Å². The average Bonchev–Trinajstić information content (AvgIpc) is 3.32. The van der Waals surface area contributed by atoms with E-state index in [0.717, 1.165) is 64.2 Å². The van der Waals surface area contributed by atoms with Crippen LogP contribution in [-0.2, 0) is 28.6 Å². The molecule has 0 spiro atoms. The van der Waals surface area contributed by atoms with Gasteiger partial charge in [0, 0.05) is 0 Å². The van der Waals surface area contributed by atoms with E-state index in [2.05, 4.69) is 13.8 Å². The molecular formula is C32H56O12. The molecule has 0 aromatic carbocycles. The molecule has 256 valence electrons. The molecule has 12 nitrogen and oxygen atoms in total. The smallest absolute Gasteiger partial charge is 0.379 e. The summed E-state index contributed by atoms with van der Waals surface area (Å²) in [4.78, 5) is 39.8. The van der Waals surface area contributed by atoms with Crippen LogP contribution in [0.25, 0.3) is 0 Å². The maximum atomic E-state index is 13.6. The fourth-order valence-electron chi connectivity index (χ4n) is 5.27. The molecule has 1 heterocycles. The SMILES string of the molecule is CCCCCCCCCCCCOC1=C(OCCCCCCCC)C(=O)O[C@]1(C(=O)C(O)CO)[C@@](O)(CO)C(=O)C(O)CO. The van der Waals surface area contributed by atoms with Crippen LogP contribution in [0, 0.1) is 0 Å². The molecule has 1 aliphatic heterocycles. The first kappa shape index (κ1) is 39.9. The molecule has 2 unspecified atom stereocenters. The van der Waals surface area contributed by atoms with Crippen molar-refractivity contribution < 1.29 is 59.2 Å². The van der Waals surface area contributed by atoms with Crippen molar-refractivity contribution in [3.05, 3.63) is 11.5 Å². The van der Waals surface area contributed by atoms with E-state index in [1.54, 1.807) is 0 Å². The van der Waals surface area contributed by atoms with Crippen LogP contribution in [-0.4, -0.2) is 105 Å². The molecule has 0 amide bonds. The van der Waals surface area contributed by atoms with E-state index < -0.39 is 72.3 Å². The lowest BCUT2D eigenvalue weighted by atomic mass is 9.73. The Kier molecular flexibility index (Phi) is 19.6. The Morgan fingerprint density at radius 3 is 1.59 bits per heavy atom. The summed E-state index contributed by atoms with van der Waals surface area (Å²) < 4.78 is 16.8. The summed E-state index contributed by atoms with van der Waals surface area (Å²) in [5, 5.41) is 61.1. The van der Waals surface area contributed by atoms with E-state index in [0.29, 0.717) is 12.8 Å². The van der Waals surface area contributed by atoms with Gasteiger partial charge >= 0.3 is 5.97 Å². The van der Waals surface area contributed by atoms with E-state index >= 15 is 0 Å². The van der Waals surface area contributed by atoms with E-state index in [9.17, 15) is 45.0 Å². The minimum atomic E-state index is -3.41. The molecule has 0 saturated carbocycles. The van der Waals surface area contributed by atoms with Crippen molar-refractivity contribution in [3.63, 3.8) is 0 Å². The summed E-state index contributed by atoms with van der Waals surface area (Å²) >= 11 is 0. The number of hydrogen-bond acceptors (Lipinski definition) is 12. The van der Waals surface area contributed by atoms with Gasteiger partial charge in [0.05, 0.1) is 33.0 Å². The predicted molar refractivity (Wildman–Crippen MR) is 161 cm³/mol. The van der Waals surface area contributed by atoms with Gasteiger partial charge in [-0.1, -0.05) is 104 Å². The van der Waals surface area contributed by atoms with E-state index in [-0.39, 0.29) is 13.2 Å².